The Balaban J connectivity index is 1.39. The molecule has 7 heteroatoms. The molecule has 0 saturated heterocycles. The summed E-state index contributed by atoms with van der Waals surface area (Å²) in [6.45, 7) is 0.717. The zero-order valence-electron chi connectivity index (χ0n) is 20.7. The molecule has 0 bridgehead atoms. The van der Waals surface area contributed by atoms with Crippen molar-refractivity contribution < 1.29 is 19.0 Å². The summed E-state index contributed by atoms with van der Waals surface area (Å²) in [5.74, 6) is 1.13. The lowest BCUT2D eigenvalue weighted by atomic mass is 10.1. The molecule has 0 aliphatic rings. The first-order chi connectivity index (χ1) is 18.6. The van der Waals surface area contributed by atoms with E-state index < -0.39 is 5.91 Å². The SMILES string of the molecule is COc1cc(/C=C(\C#N)C(=O)Nc2ccc(OCc3ccccc3)cc2)ccc1OCc1ccccc1Cl. The summed E-state index contributed by atoms with van der Waals surface area (Å²) >= 11 is 6.20. The van der Waals surface area contributed by atoms with Gasteiger partial charge in [0.1, 0.15) is 30.6 Å². The number of hydrogen-bond donors (Lipinski definition) is 1. The molecule has 4 aromatic carbocycles. The molecule has 6 nitrogen and oxygen atoms in total. The number of nitriles is 1. The van der Waals surface area contributed by atoms with Crippen LogP contribution in [-0.4, -0.2) is 13.0 Å². The second kappa shape index (κ2) is 13.0. The Bertz CT molecular complexity index is 1460. The van der Waals surface area contributed by atoms with E-state index in [0.717, 1.165) is 11.1 Å². The third-order valence-corrected chi connectivity index (χ3v) is 5.93. The van der Waals surface area contributed by atoms with Crippen LogP contribution in [0, 0.1) is 11.3 Å². The van der Waals surface area contributed by atoms with Gasteiger partial charge in [-0.25, -0.2) is 0 Å². The van der Waals surface area contributed by atoms with Crippen LogP contribution in [0.15, 0.2) is 103 Å². The molecule has 4 rings (SSSR count). The molecule has 4 aromatic rings. The zero-order chi connectivity index (χ0) is 26.7. The van der Waals surface area contributed by atoms with Gasteiger partial charge in [-0.15, -0.1) is 0 Å². The summed E-state index contributed by atoms with van der Waals surface area (Å²) in [7, 11) is 1.52. The number of ether oxygens (including phenoxy) is 3. The maximum absolute atomic E-state index is 12.8. The number of amides is 1. The summed E-state index contributed by atoms with van der Waals surface area (Å²) in [6, 6.07) is 31.4. The molecular weight excluding hydrogens is 500 g/mol. The molecular formula is C31H25ClN2O4. The number of hydrogen-bond acceptors (Lipinski definition) is 5. The molecule has 190 valence electrons. The van der Waals surface area contributed by atoms with E-state index in [4.69, 9.17) is 25.8 Å². The van der Waals surface area contributed by atoms with E-state index in [1.165, 1.54) is 13.2 Å². The van der Waals surface area contributed by atoms with Gasteiger partial charge >= 0.3 is 0 Å². The first kappa shape index (κ1) is 26.3. The number of benzene rings is 4. The number of carbonyl (C=O) groups is 1. The monoisotopic (exact) mass is 524 g/mol. The standard InChI is InChI=1S/C31H25ClN2O4/c1-36-30-18-23(11-16-29(30)38-21-24-9-5-6-10-28(24)32)17-25(19-33)31(35)34-26-12-14-27(15-13-26)37-20-22-7-3-2-4-8-22/h2-18H,20-21H2,1H3,(H,34,35)/b25-17+. The van der Waals surface area contributed by atoms with Crippen LogP contribution in [-0.2, 0) is 18.0 Å². The normalized spacial score (nSPS) is 10.8. The highest BCUT2D eigenvalue weighted by molar-refractivity contribution is 6.31. The fraction of sp³-hybridized carbons (Fsp3) is 0.0968. The van der Waals surface area contributed by atoms with Gasteiger partial charge < -0.3 is 19.5 Å². The molecule has 0 saturated carbocycles. The van der Waals surface area contributed by atoms with Crippen molar-refractivity contribution >= 4 is 29.3 Å². The van der Waals surface area contributed by atoms with Crippen LogP contribution >= 0.6 is 11.6 Å². The lowest BCUT2D eigenvalue weighted by Crippen LogP contribution is -2.13. The average molecular weight is 525 g/mol. The van der Waals surface area contributed by atoms with Crippen molar-refractivity contribution in [1.29, 1.82) is 5.26 Å². The third-order valence-electron chi connectivity index (χ3n) is 5.57. The van der Waals surface area contributed by atoms with Crippen molar-refractivity contribution in [2.24, 2.45) is 0 Å². The van der Waals surface area contributed by atoms with E-state index in [-0.39, 0.29) is 12.2 Å². The first-order valence-electron chi connectivity index (χ1n) is 11.8. The lowest BCUT2D eigenvalue weighted by Gasteiger charge is -2.12. The minimum Gasteiger partial charge on any atom is -0.493 e. The van der Waals surface area contributed by atoms with E-state index in [0.29, 0.717) is 40.1 Å². The molecule has 0 spiro atoms. The van der Waals surface area contributed by atoms with Crippen molar-refractivity contribution in [3.8, 4) is 23.3 Å². The lowest BCUT2D eigenvalue weighted by molar-refractivity contribution is -0.112. The number of halogens is 1. The van der Waals surface area contributed by atoms with Gasteiger partial charge in [-0.3, -0.25) is 4.79 Å². The zero-order valence-corrected chi connectivity index (χ0v) is 21.4. The van der Waals surface area contributed by atoms with Gasteiger partial charge in [-0.2, -0.15) is 5.26 Å². The Morgan fingerprint density at radius 2 is 1.63 bits per heavy atom. The van der Waals surface area contributed by atoms with Crippen LogP contribution < -0.4 is 19.5 Å². The quantitative estimate of drug-likeness (QED) is 0.177. The largest absolute Gasteiger partial charge is 0.493 e. The smallest absolute Gasteiger partial charge is 0.266 e. The Kier molecular flexibility index (Phi) is 9.01. The van der Waals surface area contributed by atoms with Crippen molar-refractivity contribution in [3.05, 3.63) is 124 Å². The van der Waals surface area contributed by atoms with Gasteiger partial charge in [0.05, 0.1) is 7.11 Å². The highest BCUT2D eigenvalue weighted by Gasteiger charge is 2.12. The topological polar surface area (TPSA) is 80.6 Å². The Hall–Kier alpha value is -4.73. The van der Waals surface area contributed by atoms with E-state index in [2.05, 4.69) is 5.32 Å². The summed E-state index contributed by atoms with van der Waals surface area (Å²) in [5, 5.41) is 13.0. The summed E-state index contributed by atoms with van der Waals surface area (Å²) < 4.78 is 17.1. The molecule has 0 radical (unpaired) electrons. The molecule has 0 heterocycles. The fourth-order valence-corrected chi connectivity index (χ4v) is 3.74. The predicted octanol–water partition coefficient (Wildman–Crippen LogP) is 7.05. The second-order valence-electron chi connectivity index (χ2n) is 8.21. The molecule has 0 atom stereocenters. The highest BCUT2D eigenvalue weighted by atomic mass is 35.5. The van der Waals surface area contributed by atoms with E-state index in [1.54, 1.807) is 48.5 Å². The molecule has 1 amide bonds. The number of methoxy groups -OCH3 is 1. The summed E-state index contributed by atoms with van der Waals surface area (Å²) in [6.07, 6.45) is 1.49. The highest BCUT2D eigenvalue weighted by Crippen LogP contribution is 2.30. The van der Waals surface area contributed by atoms with Crippen LogP contribution in [0.3, 0.4) is 0 Å². The average Bonchev–Trinajstić information content (AvgIpc) is 2.96. The Morgan fingerprint density at radius 1 is 0.895 bits per heavy atom. The molecule has 0 aliphatic heterocycles. The van der Waals surface area contributed by atoms with E-state index >= 15 is 0 Å². The van der Waals surface area contributed by atoms with Crippen molar-refractivity contribution in [1.82, 2.24) is 0 Å². The van der Waals surface area contributed by atoms with Gasteiger partial charge in [-0.05, 0) is 59.7 Å². The fourth-order valence-electron chi connectivity index (χ4n) is 3.55. The van der Waals surface area contributed by atoms with Crippen molar-refractivity contribution in [2.75, 3.05) is 12.4 Å². The Morgan fingerprint density at radius 3 is 2.34 bits per heavy atom. The number of carbonyl (C=O) groups excluding carboxylic acids is 1. The minimum absolute atomic E-state index is 0.0545. The minimum atomic E-state index is -0.525. The van der Waals surface area contributed by atoms with Crippen LogP contribution in [0.25, 0.3) is 6.08 Å². The first-order valence-corrected chi connectivity index (χ1v) is 12.2. The van der Waals surface area contributed by atoms with Gasteiger partial charge in [0.25, 0.3) is 5.91 Å². The van der Waals surface area contributed by atoms with Gasteiger partial charge in [0.15, 0.2) is 11.5 Å². The second-order valence-corrected chi connectivity index (χ2v) is 8.62. The van der Waals surface area contributed by atoms with Crippen LogP contribution in [0.1, 0.15) is 16.7 Å². The maximum atomic E-state index is 12.8. The molecule has 0 aliphatic carbocycles. The predicted molar refractivity (Wildman–Crippen MR) is 148 cm³/mol. The van der Waals surface area contributed by atoms with Crippen molar-refractivity contribution in [2.45, 2.75) is 13.2 Å². The molecule has 0 unspecified atom stereocenters. The molecule has 0 fully saturated rings. The van der Waals surface area contributed by atoms with Crippen LogP contribution in [0.5, 0.6) is 17.2 Å². The van der Waals surface area contributed by atoms with Gasteiger partial charge in [0, 0.05) is 16.3 Å². The maximum Gasteiger partial charge on any atom is 0.266 e. The van der Waals surface area contributed by atoms with Gasteiger partial charge in [0.2, 0.25) is 0 Å². The van der Waals surface area contributed by atoms with Gasteiger partial charge in [-0.1, -0.05) is 66.2 Å². The summed E-state index contributed by atoms with van der Waals surface area (Å²) in [4.78, 5) is 12.8. The summed E-state index contributed by atoms with van der Waals surface area (Å²) in [5.41, 5.74) is 3.01. The van der Waals surface area contributed by atoms with Crippen LogP contribution in [0.4, 0.5) is 5.69 Å². The third kappa shape index (κ3) is 7.16. The van der Waals surface area contributed by atoms with E-state index in [9.17, 15) is 10.1 Å². The molecule has 1 N–H and O–H groups in total. The number of nitrogens with one attached hydrogen (secondary N) is 1. The van der Waals surface area contributed by atoms with Crippen molar-refractivity contribution in [3.63, 3.8) is 0 Å². The number of rotatable bonds is 10. The number of anilines is 1. The Labute approximate surface area is 226 Å². The van der Waals surface area contributed by atoms with Crippen LogP contribution in [0.2, 0.25) is 5.02 Å². The molecule has 38 heavy (non-hydrogen) atoms. The number of nitrogens with zero attached hydrogens (tertiary/aromatic N) is 1. The molecule has 0 aromatic heterocycles. The van der Waals surface area contributed by atoms with E-state index in [1.807, 2.05) is 54.6 Å².